The second kappa shape index (κ2) is 6.04. The Morgan fingerprint density at radius 1 is 1.40 bits per heavy atom. The molecule has 0 radical (unpaired) electrons. The number of rotatable bonds is 5. The van der Waals surface area contributed by atoms with Crippen molar-refractivity contribution in [2.75, 3.05) is 13.1 Å². The van der Waals surface area contributed by atoms with Crippen LogP contribution in [0, 0.1) is 0 Å². The third kappa shape index (κ3) is 2.61. The molecule has 114 valence electrons. The van der Waals surface area contributed by atoms with Crippen molar-refractivity contribution >= 4 is 11.6 Å². The number of likely N-dealkylation sites (tertiary alicyclic amines) is 1. The summed E-state index contributed by atoms with van der Waals surface area (Å²) >= 11 is 6.37. The zero-order valence-electron chi connectivity index (χ0n) is 13.1. The van der Waals surface area contributed by atoms with Gasteiger partial charge in [0.25, 0.3) is 0 Å². The maximum atomic E-state index is 6.66. The van der Waals surface area contributed by atoms with Crippen LogP contribution < -0.4 is 5.73 Å². The average Bonchev–Trinajstić information content (AvgIpc) is 3.06. The Hall–Kier alpha value is -0.580. The van der Waals surface area contributed by atoms with Crippen LogP contribution >= 0.6 is 11.6 Å². The van der Waals surface area contributed by atoms with E-state index < -0.39 is 0 Å². The van der Waals surface area contributed by atoms with Gasteiger partial charge in [0.1, 0.15) is 0 Å². The molecule has 0 spiro atoms. The lowest BCUT2D eigenvalue weighted by Gasteiger charge is -2.43. The lowest BCUT2D eigenvalue weighted by Crippen LogP contribution is -2.52. The highest BCUT2D eigenvalue weighted by molar-refractivity contribution is 6.31. The van der Waals surface area contributed by atoms with E-state index in [-0.39, 0.29) is 17.6 Å². The molecule has 1 aromatic heterocycles. The van der Waals surface area contributed by atoms with Crippen LogP contribution in [0.4, 0.5) is 0 Å². The predicted molar refractivity (Wildman–Crippen MR) is 84.1 cm³/mol. The molecule has 4 nitrogen and oxygen atoms in total. The van der Waals surface area contributed by atoms with E-state index in [0.29, 0.717) is 5.02 Å². The molecule has 1 aromatic rings. The van der Waals surface area contributed by atoms with Crippen molar-refractivity contribution in [2.24, 2.45) is 5.73 Å². The van der Waals surface area contributed by atoms with E-state index >= 15 is 0 Å². The predicted octanol–water partition coefficient (Wildman–Crippen LogP) is 3.38. The van der Waals surface area contributed by atoms with Crippen LogP contribution in [0.25, 0.3) is 0 Å². The fourth-order valence-corrected chi connectivity index (χ4v) is 3.46. The van der Waals surface area contributed by atoms with Crippen LogP contribution in [0.2, 0.25) is 5.02 Å². The quantitative estimate of drug-likeness (QED) is 0.906. The highest BCUT2D eigenvalue weighted by Gasteiger charge is 2.40. The van der Waals surface area contributed by atoms with Gasteiger partial charge >= 0.3 is 0 Å². The standard InChI is InChI=1S/C15H27ClN4/c1-5-15(4,19-8-6-7-9-19)14(17)13-12(16)10-18-20(13)11(2)3/h10-11,14H,5-9,17H2,1-4H3. The molecule has 1 fully saturated rings. The minimum atomic E-state index is -0.122. The summed E-state index contributed by atoms with van der Waals surface area (Å²) in [6.45, 7) is 11.0. The van der Waals surface area contributed by atoms with Gasteiger partial charge in [-0.25, -0.2) is 0 Å². The third-order valence-electron chi connectivity index (χ3n) is 4.78. The van der Waals surface area contributed by atoms with Gasteiger partial charge in [0, 0.05) is 11.6 Å². The monoisotopic (exact) mass is 298 g/mol. The largest absolute Gasteiger partial charge is 0.321 e. The molecule has 0 saturated carbocycles. The molecule has 0 amide bonds. The molecular weight excluding hydrogens is 272 g/mol. The highest BCUT2D eigenvalue weighted by Crippen LogP contribution is 2.38. The minimum Gasteiger partial charge on any atom is -0.321 e. The molecule has 1 aliphatic rings. The van der Waals surface area contributed by atoms with E-state index in [4.69, 9.17) is 17.3 Å². The van der Waals surface area contributed by atoms with Gasteiger partial charge in [0.15, 0.2) is 0 Å². The van der Waals surface area contributed by atoms with E-state index in [1.54, 1.807) is 6.20 Å². The Morgan fingerprint density at radius 3 is 2.50 bits per heavy atom. The summed E-state index contributed by atoms with van der Waals surface area (Å²) in [4.78, 5) is 2.52. The molecule has 2 atom stereocenters. The van der Waals surface area contributed by atoms with E-state index in [1.807, 2.05) is 4.68 Å². The van der Waals surface area contributed by atoms with Crippen LogP contribution in [0.15, 0.2) is 6.20 Å². The maximum Gasteiger partial charge on any atom is 0.0834 e. The zero-order chi connectivity index (χ0) is 14.9. The molecular formula is C15H27ClN4. The van der Waals surface area contributed by atoms with Gasteiger partial charge in [0.2, 0.25) is 0 Å². The van der Waals surface area contributed by atoms with E-state index in [0.717, 1.165) is 25.2 Å². The van der Waals surface area contributed by atoms with E-state index in [1.165, 1.54) is 12.8 Å². The molecule has 1 saturated heterocycles. The lowest BCUT2D eigenvalue weighted by atomic mass is 9.86. The summed E-state index contributed by atoms with van der Waals surface area (Å²) in [5.74, 6) is 0. The SMILES string of the molecule is CCC(C)(C(N)c1c(Cl)cnn1C(C)C)N1CCCC1. The number of nitrogens with zero attached hydrogens (tertiary/aromatic N) is 3. The second-order valence-electron chi connectivity index (χ2n) is 6.30. The molecule has 2 N–H and O–H groups in total. The normalized spacial score (nSPS) is 21.4. The fourth-order valence-electron chi connectivity index (χ4n) is 3.22. The minimum absolute atomic E-state index is 0.0627. The first-order chi connectivity index (χ1) is 9.41. The summed E-state index contributed by atoms with van der Waals surface area (Å²) in [7, 11) is 0. The first kappa shape index (κ1) is 15.8. The first-order valence-electron chi connectivity index (χ1n) is 7.65. The number of hydrogen-bond donors (Lipinski definition) is 1. The van der Waals surface area contributed by atoms with Crippen molar-refractivity contribution in [3.63, 3.8) is 0 Å². The van der Waals surface area contributed by atoms with Gasteiger partial charge in [-0.2, -0.15) is 5.10 Å². The number of nitrogens with two attached hydrogens (primary N) is 1. The van der Waals surface area contributed by atoms with Gasteiger partial charge in [0.05, 0.1) is 23.0 Å². The van der Waals surface area contributed by atoms with Gasteiger partial charge in [-0.15, -0.1) is 0 Å². The average molecular weight is 299 g/mol. The van der Waals surface area contributed by atoms with Crippen molar-refractivity contribution in [1.82, 2.24) is 14.7 Å². The Balaban J connectivity index is 2.37. The molecule has 2 rings (SSSR count). The highest BCUT2D eigenvalue weighted by atomic mass is 35.5. The van der Waals surface area contributed by atoms with Gasteiger partial charge < -0.3 is 5.73 Å². The Kier molecular flexibility index (Phi) is 4.77. The molecule has 0 bridgehead atoms. The molecule has 5 heteroatoms. The number of halogens is 1. The molecule has 2 heterocycles. The first-order valence-corrected chi connectivity index (χ1v) is 8.03. The summed E-state index contributed by atoms with van der Waals surface area (Å²) in [5, 5.41) is 5.08. The summed E-state index contributed by atoms with van der Waals surface area (Å²) in [6.07, 6.45) is 5.25. The van der Waals surface area contributed by atoms with Gasteiger partial charge in [-0.05, 0) is 53.1 Å². The van der Waals surface area contributed by atoms with Crippen molar-refractivity contribution in [3.8, 4) is 0 Å². The van der Waals surface area contributed by atoms with Crippen molar-refractivity contribution in [2.45, 2.75) is 64.6 Å². The molecule has 0 aromatic carbocycles. The van der Waals surface area contributed by atoms with Crippen LogP contribution in [-0.4, -0.2) is 33.3 Å². The lowest BCUT2D eigenvalue weighted by molar-refractivity contribution is 0.0960. The smallest absolute Gasteiger partial charge is 0.0834 e. The van der Waals surface area contributed by atoms with Crippen LogP contribution in [0.5, 0.6) is 0 Å². The number of aromatic nitrogens is 2. The van der Waals surface area contributed by atoms with Crippen molar-refractivity contribution in [3.05, 3.63) is 16.9 Å². The van der Waals surface area contributed by atoms with Crippen LogP contribution in [0.1, 0.15) is 64.7 Å². The maximum absolute atomic E-state index is 6.66. The second-order valence-corrected chi connectivity index (χ2v) is 6.71. The van der Waals surface area contributed by atoms with Crippen molar-refractivity contribution in [1.29, 1.82) is 0 Å². The Morgan fingerprint density at radius 2 is 2.00 bits per heavy atom. The Bertz CT molecular complexity index is 451. The third-order valence-corrected chi connectivity index (χ3v) is 5.08. The van der Waals surface area contributed by atoms with E-state index in [9.17, 15) is 0 Å². The summed E-state index contributed by atoms with van der Waals surface area (Å²) in [6, 6.07) is 0.145. The molecule has 2 unspecified atom stereocenters. The molecule has 20 heavy (non-hydrogen) atoms. The topological polar surface area (TPSA) is 47.1 Å². The zero-order valence-corrected chi connectivity index (χ0v) is 13.8. The van der Waals surface area contributed by atoms with Gasteiger partial charge in [-0.1, -0.05) is 18.5 Å². The van der Waals surface area contributed by atoms with Crippen LogP contribution in [0.3, 0.4) is 0 Å². The molecule has 0 aliphatic carbocycles. The fraction of sp³-hybridized carbons (Fsp3) is 0.800. The van der Waals surface area contributed by atoms with Crippen LogP contribution in [-0.2, 0) is 0 Å². The Labute approximate surface area is 127 Å². The van der Waals surface area contributed by atoms with E-state index in [2.05, 4.69) is 37.7 Å². The number of hydrogen-bond acceptors (Lipinski definition) is 3. The summed E-state index contributed by atoms with van der Waals surface area (Å²) in [5.41, 5.74) is 7.57. The molecule has 1 aliphatic heterocycles. The van der Waals surface area contributed by atoms with Crippen molar-refractivity contribution < 1.29 is 0 Å². The van der Waals surface area contributed by atoms with Gasteiger partial charge in [-0.3, -0.25) is 9.58 Å². The summed E-state index contributed by atoms with van der Waals surface area (Å²) < 4.78 is 1.97.